The fraction of sp³-hybridized carbons (Fsp3) is 0.960. The predicted octanol–water partition coefficient (Wildman–Crippen LogP) is 25.8. The maximum atomic E-state index is 13.0. The zero-order valence-corrected chi connectivity index (χ0v) is 55.6. The molecule has 0 aliphatic rings. The summed E-state index contributed by atoms with van der Waals surface area (Å²) >= 11 is 0. The SMILES string of the molecule is CCCCCCCCCCCCCCCCCCCCCCCCCCCCC(=O)OCC(COC(=O)CCCCCCCCCCCCCCCCCC)OC(=O)CCCCCCCCCCCCCCCCCCCCCCC. The summed E-state index contributed by atoms with van der Waals surface area (Å²) < 4.78 is 17.1. The number of hydrogen-bond acceptors (Lipinski definition) is 6. The molecule has 0 heterocycles. The molecule has 0 fully saturated rings. The molecule has 0 amide bonds. The lowest BCUT2D eigenvalue weighted by molar-refractivity contribution is -0.167. The van der Waals surface area contributed by atoms with Crippen LogP contribution in [-0.4, -0.2) is 37.2 Å². The molecule has 0 aliphatic heterocycles. The van der Waals surface area contributed by atoms with Gasteiger partial charge in [-0.1, -0.05) is 406 Å². The van der Waals surface area contributed by atoms with Gasteiger partial charge in [-0.25, -0.2) is 0 Å². The molecule has 0 saturated heterocycles. The molecule has 0 aromatic rings. The van der Waals surface area contributed by atoms with Gasteiger partial charge in [0.2, 0.25) is 0 Å². The van der Waals surface area contributed by atoms with Crippen LogP contribution >= 0.6 is 0 Å². The lowest BCUT2D eigenvalue weighted by Crippen LogP contribution is -2.30. The van der Waals surface area contributed by atoms with E-state index >= 15 is 0 Å². The van der Waals surface area contributed by atoms with Crippen molar-refractivity contribution in [3.63, 3.8) is 0 Å². The van der Waals surface area contributed by atoms with Crippen LogP contribution in [0.25, 0.3) is 0 Å². The molecule has 0 aliphatic carbocycles. The van der Waals surface area contributed by atoms with E-state index in [0.717, 1.165) is 57.8 Å². The summed E-state index contributed by atoms with van der Waals surface area (Å²) in [6.07, 6.45) is 84.3. The second-order valence-corrected chi connectivity index (χ2v) is 25.9. The summed E-state index contributed by atoms with van der Waals surface area (Å²) in [7, 11) is 0. The van der Waals surface area contributed by atoms with Gasteiger partial charge in [-0.3, -0.25) is 14.4 Å². The van der Waals surface area contributed by atoms with Gasteiger partial charge in [0.25, 0.3) is 0 Å². The first kappa shape index (κ1) is 79.4. The number of esters is 3. The van der Waals surface area contributed by atoms with Gasteiger partial charge in [0.15, 0.2) is 6.10 Å². The number of ether oxygens (including phenoxy) is 3. The number of carbonyl (C=O) groups is 3. The van der Waals surface area contributed by atoms with Crippen molar-refractivity contribution in [3.05, 3.63) is 0 Å². The topological polar surface area (TPSA) is 78.9 Å². The Labute approximate surface area is 508 Å². The van der Waals surface area contributed by atoms with Gasteiger partial charge < -0.3 is 14.2 Å². The van der Waals surface area contributed by atoms with E-state index in [9.17, 15) is 14.4 Å². The molecule has 0 saturated carbocycles. The summed E-state index contributed by atoms with van der Waals surface area (Å²) in [6.45, 7) is 6.76. The first-order chi connectivity index (χ1) is 40.0. The van der Waals surface area contributed by atoms with Gasteiger partial charge in [-0.15, -0.1) is 0 Å². The number of carbonyl (C=O) groups excluding carboxylic acids is 3. The van der Waals surface area contributed by atoms with E-state index < -0.39 is 6.10 Å². The van der Waals surface area contributed by atoms with Crippen LogP contribution in [0.15, 0.2) is 0 Å². The minimum atomic E-state index is -0.764. The molecule has 0 aromatic heterocycles. The Bertz CT molecular complexity index is 1220. The predicted molar refractivity (Wildman–Crippen MR) is 354 cm³/mol. The highest BCUT2D eigenvalue weighted by molar-refractivity contribution is 5.71. The molecule has 0 aromatic carbocycles. The van der Waals surface area contributed by atoms with E-state index in [0.29, 0.717) is 19.3 Å². The summed E-state index contributed by atoms with van der Waals surface area (Å²) in [5, 5.41) is 0. The molecule has 6 heteroatoms. The van der Waals surface area contributed by atoms with E-state index in [1.807, 2.05) is 0 Å². The van der Waals surface area contributed by atoms with Gasteiger partial charge in [-0.2, -0.15) is 0 Å². The molecule has 0 radical (unpaired) electrons. The minimum absolute atomic E-state index is 0.0598. The molecule has 0 N–H and O–H groups in total. The maximum Gasteiger partial charge on any atom is 0.306 e. The first-order valence-corrected chi connectivity index (χ1v) is 37.5. The fourth-order valence-electron chi connectivity index (χ4n) is 12.0. The Hall–Kier alpha value is -1.59. The van der Waals surface area contributed by atoms with Crippen LogP contribution in [-0.2, 0) is 28.6 Å². The van der Waals surface area contributed by atoms with Gasteiger partial charge in [0, 0.05) is 19.3 Å². The molecule has 81 heavy (non-hydrogen) atoms. The van der Waals surface area contributed by atoms with Crippen LogP contribution < -0.4 is 0 Å². The minimum Gasteiger partial charge on any atom is -0.462 e. The Balaban J connectivity index is 4.21. The summed E-state index contributed by atoms with van der Waals surface area (Å²) in [5.74, 6) is -0.815. The van der Waals surface area contributed by atoms with Gasteiger partial charge >= 0.3 is 17.9 Å². The monoisotopic (exact) mass is 1140 g/mol. The van der Waals surface area contributed by atoms with Crippen molar-refractivity contribution in [1.82, 2.24) is 0 Å². The van der Waals surface area contributed by atoms with Crippen LogP contribution in [0.3, 0.4) is 0 Å². The van der Waals surface area contributed by atoms with Crippen molar-refractivity contribution in [2.45, 2.75) is 451 Å². The molecule has 6 nitrogen and oxygen atoms in total. The lowest BCUT2D eigenvalue weighted by atomic mass is 10.0. The van der Waals surface area contributed by atoms with Crippen molar-refractivity contribution < 1.29 is 28.6 Å². The quantitative estimate of drug-likeness (QED) is 0.0343. The average Bonchev–Trinajstić information content (AvgIpc) is 3.47. The highest BCUT2D eigenvalue weighted by Gasteiger charge is 2.20. The number of hydrogen-bond donors (Lipinski definition) is 0. The Morgan fingerprint density at radius 2 is 0.333 bits per heavy atom. The molecular weight excluding hydrogens is 997 g/mol. The highest BCUT2D eigenvalue weighted by Crippen LogP contribution is 2.20. The first-order valence-electron chi connectivity index (χ1n) is 37.5. The zero-order valence-electron chi connectivity index (χ0n) is 55.6. The smallest absolute Gasteiger partial charge is 0.306 e. The van der Waals surface area contributed by atoms with Crippen molar-refractivity contribution in [3.8, 4) is 0 Å². The van der Waals surface area contributed by atoms with Gasteiger partial charge in [-0.05, 0) is 19.3 Å². The van der Waals surface area contributed by atoms with E-state index in [-0.39, 0.29) is 31.1 Å². The van der Waals surface area contributed by atoms with Gasteiger partial charge in [0.1, 0.15) is 13.2 Å². The summed E-state index contributed by atoms with van der Waals surface area (Å²) in [4.78, 5) is 38.5. The van der Waals surface area contributed by atoms with Crippen molar-refractivity contribution in [2.24, 2.45) is 0 Å². The van der Waals surface area contributed by atoms with Crippen LogP contribution in [0, 0.1) is 0 Å². The molecular formula is C75H146O6. The second kappa shape index (κ2) is 70.9. The third kappa shape index (κ3) is 69.1. The van der Waals surface area contributed by atoms with Crippen LogP contribution in [0.1, 0.15) is 445 Å². The van der Waals surface area contributed by atoms with Crippen molar-refractivity contribution in [1.29, 1.82) is 0 Å². The summed E-state index contributed by atoms with van der Waals surface area (Å²) in [5.41, 5.74) is 0. The second-order valence-electron chi connectivity index (χ2n) is 25.9. The Morgan fingerprint density at radius 1 is 0.198 bits per heavy atom. The highest BCUT2D eigenvalue weighted by atomic mass is 16.6. The molecule has 1 atom stereocenters. The average molecular weight is 1140 g/mol. The van der Waals surface area contributed by atoms with E-state index in [2.05, 4.69) is 20.8 Å². The van der Waals surface area contributed by atoms with Crippen molar-refractivity contribution >= 4 is 17.9 Å². The van der Waals surface area contributed by atoms with E-state index in [1.54, 1.807) is 0 Å². The van der Waals surface area contributed by atoms with Crippen molar-refractivity contribution in [2.75, 3.05) is 13.2 Å². The molecule has 1 unspecified atom stereocenters. The zero-order chi connectivity index (χ0) is 58.5. The fourth-order valence-corrected chi connectivity index (χ4v) is 12.0. The molecule has 0 spiro atoms. The molecule has 0 bridgehead atoms. The third-order valence-electron chi connectivity index (χ3n) is 17.6. The molecule has 482 valence electrons. The Morgan fingerprint density at radius 3 is 0.494 bits per heavy atom. The number of unbranched alkanes of at least 4 members (excludes halogenated alkanes) is 60. The number of rotatable bonds is 71. The Kier molecular flexibility index (Phi) is 69.5. The van der Waals surface area contributed by atoms with E-state index in [4.69, 9.17) is 14.2 Å². The van der Waals surface area contributed by atoms with Crippen LogP contribution in [0.2, 0.25) is 0 Å². The third-order valence-corrected chi connectivity index (χ3v) is 17.6. The standard InChI is InChI=1S/C75H146O6/c1-4-7-10-13-16-19-22-25-28-31-33-35-36-37-38-39-41-42-44-47-50-53-56-59-62-65-68-74(77)80-71-72(70-79-73(76)67-64-61-58-55-52-49-46-30-27-24-21-18-15-12-9-6-3)81-75(78)69-66-63-60-57-54-51-48-45-43-40-34-32-29-26-23-20-17-14-11-8-5-2/h72H,4-71H2,1-3H3. The summed E-state index contributed by atoms with van der Waals surface area (Å²) in [6, 6.07) is 0. The lowest BCUT2D eigenvalue weighted by Gasteiger charge is -2.18. The largest absolute Gasteiger partial charge is 0.462 e. The van der Waals surface area contributed by atoms with Crippen LogP contribution in [0.4, 0.5) is 0 Å². The maximum absolute atomic E-state index is 13.0. The molecule has 0 rings (SSSR count). The van der Waals surface area contributed by atoms with Gasteiger partial charge in [0.05, 0.1) is 0 Å². The van der Waals surface area contributed by atoms with E-state index in [1.165, 1.54) is 347 Å². The normalized spacial score (nSPS) is 11.9. The van der Waals surface area contributed by atoms with Crippen LogP contribution in [0.5, 0.6) is 0 Å².